The van der Waals surface area contributed by atoms with Crippen molar-refractivity contribution >= 4 is 0 Å². The van der Waals surface area contributed by atoms with Crippen LogP contribution in [0.15, 0.2) is 54.6 Å². The Kier molecular flexibility index (Phi) is 4.00. The molecule has 2 aromatic rings. The van der Waals surface area contributed by atoms with Crippen molar-refractivity contribution in [2.45, 2.75) is 26.0 Å². The normalized spacial score (nSPS) is 13.9. The second-order valence-electron chi connectivity index (χ2n) is 4.52. The summed E-state index contributed by atoms with van der Waals surface area (Å²) in [6, 6.07) is 17.9. The van der Waals surface area contributed by atoms with Crippen molar-refractivity contribution < 1.29 is 4.74 Å². The van der Waals surface area contributed by atoms with E-state index >= 15 is 0 Å². The summed E-state index contributed by atoms with van der Waals surface area (Å²) < 4.78 is 5.94. The van der Waals surface area contributed by atoms with E-state index < -0.39 is 0 Å². The van der Waals surface area contributed by atoms with Crippen molar-refractivity contribution in [2.75, 3.05) is 0 Å². The number of hydrogen-bond donors (Lipinski definition) is 1. The van der Waals surface area contributed by atoms with Crippen LogP contribution >= 0.6 is 0 Å². The number of benzene rings is 2. The van der Waals surface area contributed by atoms with Gasteiger partial charge in [-0.05, 0) is 31.0 Å². The highest BCUT2D eigenvalue weighted by atomic mass is 16.5. The lowest BCUT2D eigenvalue weighted by Gasteiger charge is -2.22. The first-order valence-electron chi connectivity index (χ1n) is 6.21. The molecule has 2 nitrogen and oxygen atoms in total. The first-order valence-corrected chi connectivity index (χ1v) is 6.21. The third kappa shape index (κ3) is 2.90. The largest absolute Gasteiger partial charge is 0.488 e. The van der Waals surface area contributed by atoms with Crippen LogP contribution in [0.2, 0.25) is 0 Å². The molecule has 0 aliphatic heterocycles. The van der Waals surface area contributed by atoms with E-state index in [9.17, 15) is 0 Å². The Morgan fingerprint density at radius 3 is 2.22 bits per heavy atom. The van der Waals surface area contributed by atoms with E-state index in [1.165, 1.54) is 0 Å². The molecule has 0 saturated heterocycles. The molecule has 2 unspecified atom stereocenters. The molecule has 0 fully saturated rings. The SMILES string of the molecule is Cc1ccccc1OC(C)C(N)c1ccccc1. The van der Waals surface area contributed by atoms with Gasteiger partial charge in [0.05, 0.1) is 6.04 Å². The molecule has 0 bridgehead atoms. The number of ether oxygens (including phenoxy) is 1. The van der Waals surface area contributed by atoms with E-state index in [0.29, 0.717) is 0 Å². The highest BCUT2D eigenvalue weighted by molar-refractivity contribution is 5.32. The van der Waals surface area contributed by atoms with Crippen LogP contribution in [-0.2, 0) is 0 Å². The van der Waals surface area contributed by atoms with Gasteiger partial charge in [0.25, 0.3) is 0 Å². The molecule has 0 spiro atoms. The summed E-state index contributed by atoms with van der Waals surface area (Å²) in [4.78, 5) is 0. The maximum atomic E-state index is 6.21. The lowest BCUT2D eigenvalue weighted by molar-refractivity contribution is 0.189. The molecule has 2 rings (SSSR count). The molecule has 0 aromatic heterocycles. The minimum Gasteiger partial charge on any atom is -0.488 e. The lowest BCUT2D eigenvalue weighted by atomic mass is 10.0. The quantitative estimate of drug-likeness (QED) is 0.889. The van der Waals surface area contributed by atoms with Crippen LogP contribution in [0.5, 0.6) is 5.75 Å². The van der Waals surface area contributed by atoms with Crippen molar-refractivity contribution in [3.8, 4) is 5.75 Å². The van der Waals surface area contributed by atoms with E-state index in [1.54, 1.807) is 0 Å². The second-order valence-corrected chi connectivity index (χ2v) is 4.52. The van der Waals surface area contributed by atoms with Crippen LogP contribution < -0.4 is 10.5 Å². The maximum Gasteiger partial charge on any atom is 0.122 e. The zero-order valence-electron chi connectivity index (χ0n) is 10.8. The van der Waals surface area contributed by atoms with E-state index in [0.717, 1.165) is 16.9 Å². The second kappa shape index (κ2) is 5.69. The lowest BCUT2D eigenvalue weighted by Crippen LogP contribution is -2.28. The summed E-state index contributed by atoms with van der Waals surface area (Å²) in [5, 5.41) is 0. The predicted octanol–water partition coefficient (Wildman–Crippen LogP) is 3.46. The third-order valence-corrected chi connectivity index (χ3v) is 3.10. The molecular formula is C16H19NO. The summed E-state index contributed by atoms with van der Waals surface area (Å²) in [6.45, 7) is 4.04. The van der Waals surface area contributed by atoms with Crippen LogP contribution in [0.4, 0.5) is 0 Å². The Bertz CT molecular complexity index is 495. The van der Waals surface area contributed by atoms with Gasteiger partial charge in [0.1, 0.15) is 11.9 Å². The zero-order chi connectivity index (χ0) is 13.0. The van der Waals surface area contributed by atoms with Gasteiger partial charge in [-0.2, -0.15) is 0 Å². The van der Waals surface area contributed by atoms with Crippen molar-refractivity contribution in [2.24, 2.45) is 5.73 Å². The van der Waals surface area contributed by atoms with Gasteiger partial charge in [0.2, 0.25) is 0 Å². The fourth-order valence-electron chi connectivity index (χ4n) is 1.91. The molecule has 2 atom stereocenters. The number of hydrogen-bond acceptors (Lipinski definition) is 2. The minimum atomic E-state index is -0.120. The van der Waals surface area contributed by atoms with E-state index in [-0.39, 0.29) is 12.1 Å². The average molecular weight is 241 g/mol. The van der Waals surface area contributed by atoms with E-state index in [4.69, 9.17) is 10.5 Å². The predicted molar refractivity (Wildman–Crippen MR) is 74.6 cm³/mol. The molecular weight excluding hydrogens is 222 g/mol. The van der Waals surface area contributed by atoms with Crippen LogP contribution in [0.25, 0.3) is 0 Å². The van der Waals surface area contributed by atoms with Gasteiger partial charge in [0, 0.05) is 0 Å². The molecule has 2 heteroatoms. The van der Waals surface area contributed by atoms with Crippen molar-refractivity contribution in [3.05, 3.63) is 65.7 Å². The average Bonchev–Trinajstić information content (AvgIpc) is 2.41. The Morgan fingerprint density at radius 2 is 1.56 bits per heavy atom. The van der Waals surface area contributed by atoms with Crippen LogP contribution in [0.1, 0.15) is 24.1 Å². The number of para-hydroxylation sites is 1. The van der Waals surface area contributed by atoms with Gasteiger partial charge in [-0.1, -0.05) is 48.5 Å². The number of rotatable bonds is 4. The number of aryl methyl sites for hydroxylation is 1. The highest BCUT2D eigenvalue weighted by Gasteiger charge is 2.16. The topological polar surface area (TPSA) is 35.2 Å². The van der Waals surface area contributed by atoms with Crippen molar-refractivity contribution in [1.82, 2.24) is 0 Å². The summed E-state index contributed by atoms with van der Waals surface area (Å²) >= 11 is 0. The van der Waals surface area contributed by atoms with Gasteiger partial charge in [-0.3, -0.25) is 0 Å². The Hall–Kier alpha value is -1.80. The first kappa shape index (κ1) is 12.7. The zero-order valence-corrected chi connectivity index (χ0v) is 10.8. The Morgan fingerprint density at radius 1 is 0.944 bits per heavy atom. The Balaban J connectivity index is 2.09. The smallest absolute Gasteiger partial charge is 0.122 e. The summed E-state index contributed by atoms with van der Waals surface area (Å²) in [5.74, 6) is 0.899. The minimum absolute atomic E-state index is 0.0616. The molecule has 0 heterocycles. The Labute approximate surface area is 108 Å². The molecule has 0 saturated carbocycles. The molecule has 0 radical (unpaired) electrons. The first-order chi connectivity index (χ1) is 8.68. The van der Waals surface area contributed by atoms with Crippen molar-refractivity contribution in [1.29, 1.82) is 0 Å². The van der Waals surface area contributed by atoms with E-state index in [2.05, 4.69) is 0 Å². The van der Waals surface area contributed by atoms with Crippen LogP contribution in [0.3, 0.4) is 0 Å². The van der Waals surface area contributed by atoms with Crippen LogP contribution in [-0.4, -0.2) is 6.10 Å². The fourth-order valence-corrected chi connectivity index (χ4v) is 1.91. The molecule has 0 aliphatic carbocycles. The van der Waals surface area contributed by atoms with Gasteiger partial charge < -0.3 is 10.5 Å². The number of nitrogens with two attached hydrogens (primary N) is 1. The molecule has 94 valence electrons. The van der Waals surface area contributed by atoms with Gasteiger partial charge >= 0.3 is 0 Å². The van der Waals surface area contributed by atoms with Crippen LogP contribution in [0, 0.1) is 6.92 Å². The van der Waals surface area contributed by atoms with Gasteiger partial charge in [-0.25, -0.2) is 0 Å². The standard InChI is InChI=1S/C16H19NO/c1-12-8-6-7-11-15(12)18-13(2)16(17)14-9-4-3-5-10-14/h3-11,13,16H,17H2,1-2H3. The highest BCUT2D eigenvalue weighted by Crippen LogP contribution is 2.22. The molecule has 2 N–H and O–H groups in total. The summed E-state index contributed by atoms with van der Waals surface area (Å²) in [5.41, 5.74) is 8.44. The van der Waals surface area contributed by atoms with Gasteiger partial charge in [-0.15, -0.1) is 0 Å². The third-order valence-electron chi connectivity index (χ3n) is 3.10. The molecule has 18 heavy (non-hydrogen) atoms. The molecule has 0 aliphatic rings. The summed E-state index contributed by atoms with van der Waals surface area (Å²) in [7, 11) is 0. The maximum absolute atomic E-state index is 6.21. The monoisotopic (exact) mass is 241 g/mol. The van der Waals surface area contributed by atoms with E-state index in [1.807, 2.05) is 68.4 Å². The molecule has 0 amide bonds. The molecule has 2 aromatic carbocycles. The van der Waals surface area contributed by atoms with Crippen molar-refractivity contribution in [3.63, 3.8) is 0 Å². The summed E-state index contributed by atoms with van der Waals surface area (Å²) in [6.07, 6.45) is -0.0616. The fraction of sp³-hybridized carbons (Fsp3) is 0.250. The van der Waals surface area contributed by atoms with Gasteiger partial charge in [0.15, 0.2) is 0 Å².